The minimum absolute atomic E-state index is 0.0123. The van der Waals surface area contributed by atoms with E-state index < -0.39 is 36.4 Å². The molecule has 0 amide bonds. The van der Waals surface area contributed by atoms with Gasteiger partial charge in [0.05, 0.1) is 12.5 Å². The molecular weight excluding hydrogens is 288 g/mol. The molecule has 0 saturated carbocycles. The monoisotopic (exact) mass is 304 g/mol. The van der Waals surface area contributed by atoms with Gasteiger partial charge in [0.2, 0.25) is 0 Å². The largest absolute Gasteiger partial charge is 0.481 e. The SMILES string of the molecule is O=C(O)C=CC=CC(=O)O.O=C(O)CCC(O)CC(=O)O. The van der Waals surface area contributed by atoms with Crippen molar-refractivity contribution in [2.24, 2.45) is 0 Å². The lowest BCUT2D eigenvalue weighted by Crippen LogP contribution is -2.14. The average molecular weight is 304 g/mol. The van der Waals surface area contributed by atoms with Gasteiger partial charge >= 0.3 is 23.9 Å². The highest BCUT2D eigenvalue weighted by atomic mass is 16.4. The summed E-state index contributed by atoms with van der Waals surface area (Å²) < 4.78 is 0. The van der Waals surface area contributed by atoms with Crippen LogP contribution < -0.4 is 0 Å². The molecule has 0 aliphatic carbocycles. The topological polar surface area (TPSA) is 169 Å². The Bertz CT molecular complexity index is 400. The summed E-state index contributed by atoms with van der Waals surface area (Å²) in [6, 6.07) is 0. The fourth-order valence-electron chi connectivity index (χ4n) is 0.869. The first-order valence-electron chi connectivity index (χ1n) is 5.57. The van der Waals surface area contributed by atoms with Crippen LogP contribution in [0.2, 0.25) is 0 Å². The summed E-state index contributed by atoms with van der Waals surface area (Å²) >= 11 is 0. The molecule has 0 spiro atoms. The number of aliphatic hydroxyl groups is 1. The maximum absolute atomic E-state index is 9.95. The minimum atomic E-state index is -1.12. The molecule has 1 atom stereocenters. The number of allylic oxidation sites excluding steroid dienone is 2. The third-order valence-electron chi connectivity index (χ3n) is 1.69. The highest BCUT2D eigenvalue weighted by molar-refractivity contribution is 5.82. The van der Waals surface area contributed by atoms with Crippen molar-refractivity contribution < 1.29 is 44.7 Å². The van der Waals surface area contributed by atoms with Gasteiger partial charge in [-0.3, -0.25) is 9.59 Å². The molecule has 21 heavy (non-hydrogen) atoms. The number of carboxylic acids is 4. The number of aliphatic hydroxyl groups excluding tert-OH is 1. The first kappa shape index (κ1) is 20.6. The van der Waals surface area contributed by atoms with Gasteiger partial charge in [-0.1, -0.05) is 12.2 Å². The summed E-state index contributed by atoms with van der Waals surface area (Å²) in [4.78, 5) is 39.4. The zero-order chi connectivity index (χ0) is 16.8. The standard InChI is InChI=1S/C6H10O5.C6H6O4/c7-4(3-6(10)11)1-2-5(8)9;7-5(8)3-1-2-4-6(9)10/h4,7H,1-3H2,(H,8,9)(H,10,11);1-4H,(H,7,8)(H,9,10). The molecule has 0 bridgehead atoms. The number of rotatable bonds is 8. The van der Waals surface area contributed by atoms with Gasteiger partial charge in [0.1, 0.15) is 0 Å². The van der Waals surface area contributed by atoms with E-state index in [1.54, 1.807) is 0 Å². The van der Waals surface area contributed by atoms with E-state index in [-0.39, 0.29) is 12.8 Å². The van der Waals surface area contributed by atoms with E-state index in [2.05, 4.69) is 0 Å². The molecule has 9 nitrogen and oxygen atoms in total. The third-order valence-corrected chi connectivity index (χ3v) is 1.69. The Balaban J connectivity index is 0. The molecule has 9 heteroatoms. The summed E-state index contributed by atoms with van der Waals surface area (Å²) in [5.74, 6) is -4.36. The van der Waals surface area contributed by atoms with Gasteiger partial charge < -0.3 is 25.5 Å². The van der Waals surface area contributed by atoms with E-state index >= 15 is 0 Å². The molecule has 0 aromatic rings. The van der Waals surface area contributed by atoms with Gasteiger partial charge in [-0.05, 0) is 6.42 Å². The smallest absolute Gasteiger partial charge is 0.328 e. The van der Waals surface area contributed by atoms with Crippen molar-refractivity contribution >= 4 is 23.9 Å². The van der Waals surface area contributed by atoms with Crippen molar-refractivity contribution in [2.75, 3.05) is 0 Å². The molecule has 5 N–H and O–H groups in total. The van der Waals surface area contributed by atoms with Crippen LogP contribution in [-0.2, 0) is 19.2 Å². The van der Waals surface area contributed by atoms with Crippen molar-refractivity contribution in [3.05, 3.63) is 24.3 Å². The van der Waals surface area contributed by atoms with Crippen LogP contribution in [0.1, 0.15) is 19.3 Å². The fourth-order valence-corrected chi connectivity index (χ4v) is 0.869. The zero-order valence-electron chi connectivity index (χ0n) is 10.9. The van der Waals surface area contributed by atoms with E-state index in [9.17, 15) is 19.2 Å². The van der Waals surface area contributed by atoms with Crippen LogP contribution in [0.4, 0.5) is 0 Å². The Hall–Kier alpha value is -2.68. The molecule has 0 aromatic heterocycles. The molecular formula is C12H16O9. The maximum atomic E-state index is 9.95. The van der Waals surface area contributed by atoms with Crippen LogP contribution in [0.3, 0.4) is 0 Å². The van der Waals surface area contributed by atoms with Gasteiger partial charge in [-0.25, -0.2) is 9.59 Å². The fraction of sp³-hybridized carbons (Fsp3) is 0.333. The molecule has 0 radical (unpaired) electrons. The Morgan fingerprint density at radius 3 is 1.52 bits per heavy atom. The zero-order valence-corrected chi connectivity index (χ0v) is 10.9. The lowest BCUT2D eigenvalue weighted by atomic mass is 10.1. The van der Waals surface area contributed by atoms with E-state index in [4.69, 9.17) is 25.5 Å². The van der Waals surface area contributed by atoms with Crippen molar-refractivity contribution in [3.8, 4) is 0 Å². The second kappa shape index (κ2) is 12.4. The van der Waals surface area contributed by atoms with E-state index in [1.807, 2.05) is 0 Å². The Morgan fingerprint density at radius 1 is 0.810 bits per heavy atom. The van der Waals surface area contributed by atoms with Crippen molar-refractivity contribution in [2.45, 2.75) is 25.4 Å². The molecule has 0 aliphatic heterocycles. The molecule has 0 fully saturated rings. The van der Waals surface area contributed by atoms with Gasteiger partial charge in [0.25, 0.3) is 0 Å². The highest BCUT2D eigenvalue weighted by Gasteiger charge is 2.10. The molecule has 0 aliphatic rings. The van der Waals surface area contributed by atoms with Crippen LogP contribution >= 0.6 is 0 Å². The first-order chi connectivity index (χ1) is 9.65. The molecule has 0 heterocycles. The van der Waals surface area contributed by atoms with Crippen LogP contribution in [0.25, 0.3) is 0 Å². The highest BCUT2D eigenvalue weighted by Crippen LogP contribution is 2.00. The first-order valence-corrected chi connectivity index (χ1v) is 5.57. The lowest BCUT2D eigenvalue weighted by Gasteiger charge is -2.03. The third kappa shape index (κ3) is 22.9. The van der Waals surface area contributed by atoms with Crippen LogP contribution in [0.15, 0.2) is 24.3 Å². The number of hydrogen-bond acceptors (Lipinski definition) is 5. The van der Waals surface area contributed by atoms with Gasteiger partial charge in [0, 0.05) is 18.6 Å². The molecule has 0 aromatic carbocycles. The number of hydrogen-bond donors (Lipinski definition) is 5. The summed E-state index contributed by atoms with van der Waals surface area (Å²) in [5.41, 5.74) is 0. The predicted octanol–water partition coefficient (Wildman–Crippen LogP) is -0.0452. The van der Waals surface area contributed by atoms with Gasteiger partial charge in [-0.2, -0.15) is 0 Å². The molecule has 1 unspecified atom stereocenters. The second-order valence-corrected chi connectivity index (χ2v) is 3.58. The van der Waals surface area contributed by atoms with E-state index in [1.165, 1.54) is 0 Å². The van der Waals surface area contributed by atoms with Crippen molar-refractivity contribution in [1.82, 2.24) is 0 Å². The Kier molecular flexibility index (Phi) is 12.1. The van der Waals surface area contributed by atoms with Crippen molar-refractivity contribution in [1.29, 1.82) is 0 Å². The molecule has 0 saturated heterocycles. The normalized spacial score (nSPS) is 11.7. The summed E-state index contributed by atoms with van der Waals surface area (Å²) in [5, 5.41) is 41.1. The summed E-state index contributed by atoms with van der Waals surface area (Å²) in [6.07, 6.45) is 2.30. The lowest BCUT2D eigenvalue weighted by molar-refractivity contribution is -0.141. The summed E-state index contributed by atoms with van der Waals surface area (Å²) in [6.45, 7) is 0. The number of aliphatic carboxylic acids is 4. The number of carboxylic acid groups (broad SMARTS) is 4. The maximum Gasteiger partial charge on any atom is 0.328 e. The Morgan fingerprint density at radius 2 is 1.24 bits per heavy atom. The van der Waals surface area contributed by atoms with Gasteiger partial charge in [0.15, 0.2) is 0 Å². The second-order valence-electron chi connectivity index (χ2n) is 3.58. The van der Waals surface area contributed by atoms with E-state index in [0.29, 0.717) is 0 Å². The van der Waals surface area contributed by atoms with Gasteiger partial charge in [-0.15, -0.1) is 0 Å². The minimum Gasteiger partial charge on any atom is -0.481 e. The predicted molar refractivity (Wildman–Crippen MR) is 68.7 cm³/mol. The molecule has 0 rings (SSSR count). The quantitative estimate of drug-likeness (QED) is 0.305. The summed E-state index contributed by atoms with van der Waals surface area (Å²) in [7, 11) is 0. The van der Waals surface area contributed by atoms with Crippen LogP contribution in [0.5, 0.6) is 0 Å². The average Bonchev–Trinajstić information content (AvgIpc) is 2.32. The Labute approximate surface area is 119 Å². The van der Waals surface area contributed by atoms with E-state index in [0.717, 1.165) is 24.3 Å². The molecule has 118 valence electrons. The van der Waals surface area contributed by atoms with Crippen molar-refractivity contribution in [3.63, 3.8) is 0 Å². The van der Waals surface area contributed by atoms with Crippen LogP contribution in [-0.4, -0.2) is 55.5 Å². The van der Waals surface area contributed by atoms with Crippen LogP contribution in [0, 0.1) is 0 Å². The number of carbonyl (C=O) groups is 4.